The molecule has 316 valence electrons. The second kappa shape index (κ2) is 25.8. The summed E-state index contributed by atoms with van der Waals surface area (Å²) in [5, 5.41) is 9.55. The highest BCUT2D eigenvalue weighted by Crippen LogP contribution is 2.27. The number of hydrogen-bond acceptors (Lipinski definition) is 10. The van der Waals surface area contributed by atoms with Crippen molar-refractivity contribution in [3.63, 3.8) is 0 Å². The number of aliphatic hydroxyl groups excluding tert-OH is 1. The summed E-state index contributed by atoms with van der Waals surface area (Å²) in [5.41, 5.74) is 5.58. The first kappa shape index (κ1) is 48.8. The molecule has 4 aromatic rings. The first-order valence-corrected chi connectivity index (χ1v) is 19.6. The highest BCUT2D eigenvalue weighted by atomic mass is 16.5. The Balaban J connectivity index is 0.000000308. The zero-order valence-electron chi connectivity index (χ0n) is 36.2. The van der Waals surface area contributed by atoms with Gasteiger partial charge in [-0.05, 0) is 96.2 Å². The lowest BCUT2D eigenvalue weighted by Gasteiger charge is -2.19. The van der Waals surface area contributed by atoms with E-state index in [4.69, 9.17) is 23.7 Å². The fourth-order valence-electron chi connectivity index (χ4n) is 6.29. The van der Waals surface area contributed by atoms with Crippen LogP contribution < -0.4 is 14.2 Å². The molecule has 0 bridgehead atoms. The molecular weight excluding hydrogens is 737 g/mol. The third-order valence-electron chi connectivity index (χ3n) is 9.97. The largest absolute Gasteiger partial charge is 0.497 e. The molecule has 0 spiro atoms. The van der Waals surface area contributed by atoms with Gasteiger partial charge < -0.3 is 33.5 Å². The molecule has 0 saturated heterocycles. The molecule has 10 heteroatoms. The molecule has 1 N–H and O–H groups in total. The number of rotatable bonds is 17. The van der Waals surface area contributed by atoms with Crippen LogP contribution in [0.2, 0.25) is 0 Å². The van der Waals surface area contributed by atoms with E-state index in [9.17, 15) is 19.5 Å². The maximum absolute atomic E-state index is 12.0. The Labute approximate surface area is 345 Å². The second-order valence-corrected chi connectivity index (χ2v) is 14.7. The minimum absolute atomic E-state index is 0.0894. The molecule has 10 nitrogen and oxygen atoms in total. The Morgan fingerprint density at radius 2 is 0.879 bits per heavy atom. The van der Waals surface area contributed by atoms with Crippen LogP contribution in [0.1, 0.15) is 62.4 Å². The Morgan fingerprint density at radius 1 is 0.483 bits per heavy atom. The van der Waals surface area contributed by atoms with Crippen LogP contribution >= 0.6 is 0 Å². The number of methoxy groups -OCH3 is 6. The predicted octanol–water partition coefficient (Wildman–Crippen LogP) is 8.36. The minimum Gasteiger partial charge on any atom is -0.497 e. The van der Waals surface area contributed by atoms with E-state index >= 15 is 0 Å². The molecule has 4 atom stereocenters. The van der Waals surface area contributed by atoms with Gasteiger partial charge >= 0.3 is 17.9 Å². The van der Waals surface area contributed by atoms with Crippen molar-refractivity contribution in [2.75, 3.05) is 42.7 Å². The van der Waals surface area contributed by atoms with E-state index in [1.165, 1.54) is 26.9 Å². The van der Waals surface area contributed by atoms with E-state index in [1.54, 1.807) is 28.3 Å². The number of carbonyl (C=O) groups excluding carboxylic acids is 3. The molecule has 0 saturated carbocycles. The lowest BCUT2D eigenvalue weighted by atomic mass is 9.88. The van der Waals surface area contributed by atoms with Crippen LogP contribution in [0.3, 0.4) is 0 Å². The van der Waals surface area contributed by atoms with Crippen LogP contribution in [0, 0.1) is 29.6 Å². The number of esters is 3. The summed E-state index contributed by atoms with van der Waals surface area (Å²) in [4.78, 5) is 35.1. The summed E-state index contributed by atoms with van der Waals surface area (Å²) >= 11 is 0. The van der Waals surface area contributed by atoms with Gasteiger partial charge in [-0.3, -0.25) is 14.4 Å². The van der Waals surface area contributed by atoms with Crippen molar-refractivity contribution < 1.29 is 47.9 Å². The Bertz CT molecular complexity index is 1710. The van der Waals surface area contributed by atoms with Crippen LogP contribution in [-0.4, -0.2) is 71.8 Å². The molecule has 0 heterocycles. The first-order chi connectivity index (χ1) is 27.7. The van der Waals surface area contributed by atoms with E-state index in [2.05, 4.69) is 36.8 Å². The van der Waals surface area contributed by atoms with Crippen molar-refractivity contribution in [1.82, 2.24) is 0 Å². The molecule has 0 aliphatic heterocycles. The third kappa shape index (κ3) is 16.3. The number of carbonyl (C=O) groups is 3. The molecule has 4 aromatic carbocycles. The number of benzene rings is 4. The highest BCUT2D eigenvalue weighted by Gasteiger charge is 2.26. The maximum Gasteiger partial charge on any atom is 0.311 e. The first-order valence-electron chi connectivity index (χ1n) is 19.6. The second-order valence-electron chi connectivity index (χ2n) is 14.7. The van der Waals surface area contributed by atoms with Gasteiger partial charge in [0.1, 0.15) is 17.2 Å². The van der Waals surface area contributed by atoms with E-state index in [0.717, 1.165) is 45.9 Å². The van der Waals surface area contributed by atoms with Gasteiger partial charge in [-0.1, -0.05) is 94.4 Å². The van der Waals surface area contributed by atoms with E-state index < -0.39 is 18.0 Å². The van der Waals surface area contributed by atoms with Gasteiger partial charge in [0.2, 0.25) is 0 Å². The standard InChI is InChI=1S/C21H26O3.C14H20O3.C13H18O4/c1-15(2)19(21(22)24-4)14-17-10-11-20(23-3)18(13-17)12-16-8-6-5-7-9-16;1-10(2)13(14(15)17-4)9-11-5-7-12(16-3)8-6-11;1-9(14)12(13(15)17-3)8-10-4-6-11(16-2)7-5-10/h5-11,13,15,19H,12,14H2,1-4H3;5-8,10,13H,9H2,1-4H3;4-7,9,12,14H,8H2,1-3H3/t19-;13-;9-,12-/m000/s1. The van der Waals surface area contributed by atoms with Crippen molar-refractivity contribution in [3.05, 3.63) is 125 Å². The molecule has 0 fully saturated rings. The van der Waals surface area contributed by atoms with Crippen LogP contribution in [-0.2, 0) is 54.3 Å². The van der Waals surface area contributed by atoms with Crippen LogP contribution in [0.5, 0.6) is 17.2 Å². The topological polar surface area (TPSA) is 127 Å². The molecule has 0 aliphatic rings. The number of aliphatic hydroxyl groups is 1. The summed E-state index contributed by atoms with van der Waals surface area (Å²) in [5.74, 6) is 1.53. The van der Waals surface area contributed by atoms with Gasteiger partial charge in [-0.2, -0.15) is 0 Å². The van der Waals surface area contributed by atoms with E-state index in [-0.39, 0.29) is 35.6 Å². The van der Waals surface area contributed by atoms with Crippen molar-refractivity contribution in [1.29, 1.82) is 0 Å². The minimum atomic E-state index is -0.732. The lowest BCUT2D eigenvalue weighted by Crippen LogP contribution is -2.29. The smallest absolute Gasteiger partial charge is 0.311 e. The molecule has 58 heavy (non-hydrogen) atoms. The predicted molar refractivity (Wildman–Crippen MR) is 227 cm³/mol. The average Bonchev–Trinajstić information content (AvgIpc) is 3.24. The maximum atomic E-state index is 12.0. The van der Waals surface area contributed by atoms with Crippen LogP contribution in [0.25, 0.3) is 0 Å². The number of ether oxygens (including phenoxy) is 6. The van der Waals surface area contributed by atoms with Gasteiger partial charge in [0.05, 0.1) is 66.5 Å². The SMILES string of the molecule is COC(=O)[C@@H](Cc1ccc(OC)c(Cc2ccccc2)c1)C(C)C.COC(=O)[C@@H](Cc1ccc(OC)cc1)C(C)C.COC(=O)[C@@H](Cc1ccc(OC)cc1)[C@H](C)O. The Hall–Kier alpha value is -5.35. The molecule has 4 rings (SSSR count). The average molecular weight is 801 g/mol. The number of hydrogen-bond donors (Lipinski definition) is 1. The molecule has 0 unspecified atom stereocenters. The van der Waals surface area contributed by atoms with Gasteiger partial charge in [0.25, 0.3) is 0 Å². The fourth-order valence-corrected chi connectivity index (χ4v) is 6.29. The summed E-state index contributed by atoms with van der Waals surface area (Å²) in [6.07, 6.45) is 1.91. The molecule has 0 radical (unpaired) electrons. The third-order valence-corrected chi connectivity index (χ3v) is 9.97. The molecule has 0 aliphatic carbocycles. The molecule has 0 amide bonds. The Kier molecular flexibility index (Phi) is 21.7. The Morgan fingerprint density at radius 3 is 1.26 bits per heavy atom. The van der Waals surface area contributed by atoms with Crippen LogP contribution in [0.4, 0.5) is 0 Å². The van der Waals surface area contributed by atoms with E-state index in [0.29, 0.717) is 19.3 Å². The fraction of sp³-hybridized carbons (Fsp3) is 0.438. The summed E-state index contributed by atoms with van der Waals surface area (Å²) in [7, 11) is 9.14. The molecular formula is C48H64O10. The van der Waals surface area contributed by atoms with Crippen molar-refractivity contribution >= 4 is 17.9 Å². The van der Waals surface area contributed by atoms with Gasteiger partial charge in [-0.25, -0.2) is 0 Å². The normalized spacial score (nSPS) is 12.7. The summed E-state index contributed by atoms with van der Waals surface area (Å²) in [6.45, 7) is 9.76. The van der Waals surface area contributed by atoms with E-state index in [1.807, 2.05) is 92.7 Å². The van der Waals surface area contributed by atoms with Crippen molar-refractivity contribution in [3.8, 4) is 17.2 Å². The van der Waals surface area contributed by atoms with Gasteiger partial charge in [-0.15, -0.1) is 0 Å². The van der Waals surface area contributed by atoms with Crippen molar-refractivity contribution in [2.45, 2.75) is 66.4 Å². The summed E-state index contributed by atoms with van der Waals surface area (Å²) < 4.78 is 30.1. The van der Waals surface area contributed by atoms with Gasteiger partial charge in [0.15, 0.2) is 0 Å². The quantitative estimate of drug-likeness (QED) is 0.0823. The monoisotopic (exact) mass is 800 g/mol. The zero-order valence-corrected chi connectivity index (χ0v) is 36.2. The zero-order chi connectivity index (χ0) is 43.2. The molecule has 0 aromatic heterocycles. The highest BCUT2D eigenvalue weighted by molar-refractivity contribution is 5.74. The van der Waals surface area contributed by atoms with Crippen molar-refractivity contribution in [2.24, 2.45) is 29.6 Å². The lowest BCUT2D eigenvalue weighted by molar-refractivity contribution is -0.149. The summed E-state index contributed by atoms with van der Waals surface area (Å²) in [6, 6.07) is 31.7. The van der Waals surface area contributed by atoms with Crippen LogP contribution in [0.15, 0.2) is 97.1 Å². The van der Waals surface area contributed by atoms with Gasteiger partial charge in [0, 0.05) is 6.42 Å².